The maximum absolute atomic E-state index is 6.27. The Kier molecular flexibility index (Phi) is 11.5. The van der Waals surface area contributed by atoms with E-state index in [4.69, 9.17) is 9.47 Å². The number of unbranched alkanes of at least 4 members (excludes halogenated alkanes) is 2. The molecule has 5 aromatic rings. The normalized spacial score (nSPS) is 12.8. The smallest absolute Gasteiger partial charge is 0.119 e. The summed E-state index contributed by atoms with van der Waals surface area (Å²) < 4.78 is 14.8. The highest BCUT2D eigenvalue weighted by Gasteiger charge is 2.17. The molecule has 0 radical (unpaired) electrons. The van der Waals surface area contributed by atoms with Crippen molar-refractivity contribution in [3.05, 3.63) is 91.0 Å². The highest BCUT2D eigenvalue weighted by atomic mass is 16.5. The van der Waals surface area contributed by atoms with Crippen LogP contribution in [0.1, 0.15) is 79.1 Å². The summed E-state index contributed by atoms with van der Waals surface area (Å²) in [5.41, 5.74) is 5.79. The molecule has 1 aromatic heterocycles. The molecule has 5 rings (SSSR count). The Hall–Kier alpha value is -3.92. The average molecular weight is 605 g/mol. The third kappa shape index (κ3) is 7.84. The van der Waals surface area contributed by atoms with E-state index in [9.17, 15) is 0 Å². The summed E-state index contributed by atoms with van der Waals surface area (Å²) in [4.78, 5) is 2.33. The van der Waals surface area contributed by atoms with Crippen molar-refractivity contribution < 1.29 is 9.47 Å². The first-order valence-corrected chi connectivity index (χ1v) is 17.3. The van der Waals surface area contributed by atoms with Gasteiger partial charge in [0.25, 0.3) is 0 Å². The number of aromatic nitrogens is 1. The molecule has 0 fully saturated rings. The molecule has 0 saturated heterocycles. The van der Waals surface area contributed by atoms with Crippen LogP contribution in [-0.4, -0.2) is 17.8 Å². The van der Waals surface area contributed by atoms with Gasteiger partial charge in [-0.3, -0.25) is 0 Å². The number of nitrogens with zero attached hydrogens (tertiary/aromatic N) is 2. The van der Waals surface area contributed by atoms with Gasteiger partial charge in [-0.15, -0.1) is 0 Å². The maximum atomic E-state index is 6.27. The number of anilines is 3. The van der Waals surface area contributed by atoms with Gasteiger partial charge in [0, 0.05) is 45.9 Å². The monoisotopic (exact) mass is 604 g/mol. The van der Waals surface area contributed by atoms with Crippen LogP contribution in [0.3, 0.4) is 0 Å². The second kappa shape index (κ2) is 15.9. The molecule has 0 N–H and O–H groups in total. The van der Waals surface area contributed by atoms with Crippen LogP contribution >= 0.6 is 0 Å². The summed E-state index contributed by atoms with van der Waals surface area (Å²) >= 11 is 0. The predicted octanol–water partition coefficient (Wildman–Crippen LogP) is 12.0. The number of ether oxygens (including phenoxy) is 2. The van der Waals surface area contributed by atoms with E-state index >= 15 is 0 Å². The van der Waals surface area contributed by atoms with Crippen molar-refractivity contribution in [3.8, 4) is 11.5 Å². The molecule has 4 nitrogen and oxygen atoms in total. The van der Waals surface area contributed by atoms with Gasteiger partial charge in [-0.25, -0.2) is 0 Å². The van der Waals surface area contributed by atoms with E-state index in [1.54, 1.807) is 0 Å². The molecule has 4 aromatic carbocycles. The van der Waals surface area contributed by atoms with E-state index in [2.05, 4.69) is 135 Å². The minimum atomic E-state index is 0.605. The van der Waals surface area contributed by atoms with Crippen LogP contribution in [0.2, 0.25) is 0 Å². The van der Waals surface area contributed by atoms with Gasteiger partial charge in [0.2, 0.25) is 0 Å². The topological polar surface area (TPSA) is 26.6 Å². The van der Waals surface area contributed by atoms with Crippen LogP contribution < -0.4 is 14.4 Å². The van der Waals surface area contributed by atoms with Crippen LogP contribution in [0.15, 0.2) is 91.0 Å². The molecule has 0 amide bonds. The zero-order valence-corrected chi connectivity index (χ0v) is 28.1. The van der Waals surface area contributed by atoms with Gasteiger partial charge in [-0.2, -0.15) is 0 Å². The lowest BCUT2D eigenvalue weighted by Gasteiger charge is -2.26. The molecular formula is C41H52N2O2. The van der Waals surface area contributed by atoms with Gasteiger partial charge < -0.3 is 18.9 Å². The number of aryl methyl sites for hydroxylation is 1. The van der Waals surface area contributed by atoms with Crippen LogP contribution in [0.4, 0.5) is 17.1 Å². The van der Waals surface area contributed by atoms with Crippen molar-refractivity contribution in [2.45, 2.75) is 79.1 Å². The van der Waals surface area contributed by atoms with E-state index < -0.39 is 0 Å². The fourth-order valence-electron chi connectivity index (χ4n) is 6.35. The number of para-hydroxylation sites is 1. The SMILES string of the molecule is CCCCC(CC)COc1ccc(N(c2ccc(OCC(CC)CCCC)cc2)c2ccc3c(c2)c2ccccc2n3C)cc1. The predicted molar refractivity (Wildman–Crippen MR) is 193 cm³/mol. The second-order valence-corrected chi connectivity index (χ2v) is 12.6. The van der Waals surface area contributed by atoms with Crippen molar-refractivity contribution >= 4 is 38.9 Å². The summed E-state index contributed by atoms with van der Waals surface area (Å²) in [5.74, 6) is 3.06. The molecule has 2 unspecified atom stereocenters. The molecular weight excluding hydrogens is 552 g/mol. The zero-order chi connectivity index (χ0) is 31.6. The molecule has 0 saturated carbocycles. The Bertz CT molecular complexity index is 1560. The Balaban J connectivity index is 1.44. The van der Waals surface area contributed by atoms with Crippen molar-refractivity contribution in [3.63, 3.8) is 0 Å². The van der Waals surface area contributed by atoms with Crippen molar-refractivity contribution in [1.82, 2.24) is 4.57 Å². The van der Waals surface area contributed by atoms with Crippen molar-refractivity contribution in [1.29, 1.82) is 0 Å². The number of hydrogen-bond donors (Lipinski definition) is 0. The first-order valence-electron chi connectivity index (χ1n) is 17.3. The molecule has 1 heterocycles. The van der Waals surface area contributed by atoms with Crippen molar-refractivity contribution in [2.24, 2.45) is 18.9 Å². The summed E-state index contributed by atoms with van der Waals surface area (Å²) in [6.07, 6.45) is 9.76. The molecule has 2 atom stereocenters. The molecule has 4 heteroatoms. The lowest BCUT2D eigenvalue weighted by Crippen LogP contribution is -2.12. The standard InChI is InChI=1S/C41H52N2O2/c1-6-10-14-31(8-3)29-44-36-23-18-33(19-24-36)43(34-20-25-37(26-21-34)45-30-32(9-4)15-11-7-2)35-22-27-41-39(28-35)38-16-12-13-17-40(38)42(41)5/h12-13,16-28,31-32H,6-11,14-15,29-30H2,1-5H3. The average Bonchev–Trinajstić information content (AvgIpc) is 3.37. The Morgan fingerprint density at radius 3 is 1.58 bits per heavy atom. The van der Waals surface area contributed by atoms with Crippen LogP contribution in [0, 0.1) is 11.8 Å². The quantitative estimate of drug-likeness (QED) is 0.106. The lowest BCUT2D eigenvalue weighted by atomic mass is 10.0. The summed E-state index contributed by atoms with van der Waals surface area (Å²) in [7, 11) is 2.15. The van der Waals surface area contributed by atoms with Crippen molar-refractivity contribution in [2.75, 3.05) is 18.1 Å². The third-order valence-electron chi connectivity index (χ3n) is 9.40. The van der Waals surface area contributed by atoms with Gasteiger partial charge in [-0.05, 0) is 97.5 Å². The van der Waals surface area contributed by atoms with Crippen LogP contribution in [-0.2, 0) is 7.05 Å². The highest BCUT2D eigenvalue weighted by molar-refractivity contribution is 6.09. The fourth-order valence-corrected chi connectivity index (χ4v) is 6.35. The van der Waals surface area contributed by atoms with Gasteiger partial charge in [-0.1, -0.05) is 84.4 Å². The van der Waals surface area contributed by atoms with E-state index in [1.807, 2.05) is 0 Å². The van der Waals surface area contributed by atoms with E-state index in [-0.39, 0.29) is 0 Å². The first-order chi connectivity index (χ1) is 22.1. The summed E-state index contributed by atoms with van der Waals surface area (Å²) in [6, 6.07) is 32.6. The Morgan fingerprint density at radius 2 is 1.07 bits per heavy atom. The summed E-state index contributed by atoms with van der Waals surface area (Å²) in [5, 5.41) is 2.53. The minimum absolute atomic E-state index is 0.605. The molecule has 45 heavy (non-hydrogen) atoms. The van der Waals surface area contributed by atoms with E-state index in [0.29, 0.717) is 11.8 Å². The summed E-state index contributed by atoms with van der Waals surface area (Å²) in [6.45, 7) is 10.6. The minimum Gasteiger partial charge on any atom is -0.493 e. The highest BCUT2D eigenvalue weighted by Crippen LogP contribution is 2.39. The van der Waals surface area contributed by atoms with E-state index in [1.165, 1.54) is 60.3 Å². The van der Waals surface area contributed by atoms with Gasteiger partial charge in [0.05, 0.1) is 13.2 Å². The molecule has 0 aliphatic carbocycles. The molecule has 0 spiro atoms. The molecule has 0 aliphatic rings. The first kappa shape index (κ1) is 32.5. The van der Waals surface area contributed by atoms with Gasteiger partial charge >= 0.3 is 0 Å². The third-order valence-corrected chi connectivity index (χ3v) is 9.40. The van der Waals surface area contributed by atoms with Crippen LogP contribution in [0.25, 0.3) is 21.8 Å². The Morgan fingerprint density at radius 1 is 0.578 bits per heavy atom. The fraction of sp³-hybridized carbons (Fsp3) is 0.415. The Labute approximate surface area is 271 Å². The maximum Gasteiger partial charge on any atom is 0.119 e. The van der Waals surface area contributed by atoms with E-state index in [0.717, 1.165) is 54.6 Å². The number of hydrogen-bond acceptors (Lipinski definition) is 3. The number of fused-ring (bicyclic) bond motifs is 3. The number of benzene rings is 4. The zero-order valence-electron chi connectivity index (χ0n) is 28.1. The lowest BCUT2D eigenvalue weighted by molar-refractivity contribution is 0.233. The molecule has 238 valence electrons. The molecule has 0 aliphatic heterocycles. The number of rotatable bonds is 17. The molecule has 0 bridgehead atoms. The van der Waals surface area contributed by atoms with Gasteiger partial charge in [0.1, 0.15) is 11.5 Å². The second-order valence-electron chi connectivity index (χ2n) is 12.6. The largest absolute Gasteiger partial charge is 0.493 e. The van der Waals surface area contributed by atoms with Gasteiger partial charge in [0.15, 0.2) is 0 Å². The van der Waals surface area contributed by atoms with Crippen LogP contribution in [0.5, 0.6) is 11.5 Å².